The summed E-state index contributed by atoms with van der Waals surface area (Å²) in [6, 6.07) is 3.39. The van der Waals surface area contributed by atoms with Crippen LogP contribution in [-0.2, 0) is 4.74 Å². The predicted molar refractivity (Wildman–Crippen MR) is 67.8 cm³/mol. The van der Waals surface area contributed by atoms with E-state index < -0.39 is 0 Å². The van der Waals surface area contributed by atoms with Crippen molar-refractivity contribution in [2.75, 3.05) is 30.8 Å². The van der Waals surface area contributed by atoms with Crippen LogP contribution < -0.4 is 11.1 Å². The standard InChI is InChI=1S/C11H18ClN3O/c1-8(2)7-16-6-5-14-11-9(13)3-4-10(12)15-11/h3-4,8H,5-7,13H2,1-2H3,(H,14,15). The second-order valence-corrected chi connectivity index (χ2v) is 4.35. The van der Waals surface area contributed by atoms with E-state index in [4.69, 9.17) is 22.1 Å². The molecule has 90 valence electrons. The Labute approximate surface area is 101 Å². The quantitative estimate of drug-likeness (QED) is 0.595. The predicted octanol–water partition coefficient (Wildman–Crippen LogP) is 2.40. The van der Waals surface area contributed by atoms with Gasteiger partial charge in [-0.1, -0.05) is 25.4 Å². The highest BCUT2D eigenvalue weighted by Gasteiger charge is 2.01. The van der Waals surface area contributed by atoms with Gasteiger partial charge in [-0.25, -0.2) is 4.98 Å². The van der Waals surface area contributed by atoms with E-state index in [2.05, 4.69) is 24.1 Å². The highest BCUT2D eigenvalue weighted by molar-refractivity contribution is 6.29. The molecule has 1 heterocycles. The van der Waals surface area contributed by atoms with Crippen molar-refractivity contribution >= 4 is 23.1 Å². The lowest BCUT2D eigenvalue weighted by molar-refractivity contribution is 0.118. The third-order valence-electron chi connectivity index (χ3n) is 1.88. The van der Waals surface area contributed by atoms with Crippen molar-refractivity contribution in [3.8, 4) is 0 Å². The first-order chi connectivity index (χ1) is 7.59. The lowest BCUT2D eigenvalue weighted by Gasteiger charge is -2.10. The molecule has 1 aromatic rings. The Kier molecular flexibility index (Phi) is 5.35. The number of hydrogen-bond donors (Lipinski definition) is 2. The van der Waals surface area contributed by atoms with Gasteiger partial charge < -0.3 is 15.8 Å². The van der Waals surface area contributed by atoms with Gasteiger partial charge in [-0.05, 0) is 18.1 Å². The summed E-state index contributed by atoms with van der Waals surface area (Å²) < 4.78 is 5.42. The molecule has 0 aliphatic carbocycles. The Morgan fingerprint density at radius 2 is 2.25 bits per heavy atom. The summed E-state index contributed by atoms with van der Waals surface area (Å²) in [6.45, 7) is 6.30. The monoisotopic (exact) mass is 243 g/mol. The van der Waals surface area contributed by atoms with Crippen molar-refractivity contribution in [3.05, 3.63) is 17.3 Å². The molecule has 5 heteroatoms. The number of halogens is 1. The number of nitrogens with one attached hydrogen (secondary N) is 1. The Morgan fingerprint density at radius 1 is 1.50 bits per heavy atom. The number of nitrogens with two attached hydrogens (primary N) is 1. The lowest BCUT2D eigenvalue weighted by Crippen LogP contribution is -2.13. The second-order valence-electron chi connectivity index (χ2n) is 3.97. The zero-order valence-electron chi connectivity index (χ0n) is 9.66. The topological polar surface area (TPSA) is 60.2 Å². The van der Waals surface area contributed by atoms with E-state index in [9.17, 15) is 0 Å². The van der Waals surface area contributed by atoms with Gasteiger partial charge >= 0.3 is 0 Å². The first-order valence-electron chi connectivity index (χ1n) is 5.33. The average Bonchev–Trinajstić information content (AvgIpc) is 2.22. The molecule has 0 spiro atoms. The van der Waals surface area contributed by atoms with Gasteiger partial charge in [0.1, 0.15) is 5.15 Å². The van der Waals surface area contributed by atoms with Crippen molar-refractivity contribution in [2.45, 2.75) is 13.8 Å². The number of anilines is 2. The molecule has 0 radical (unpaired) electrons. The van der Waals surface area contributed by atoms with E-state index in [-0.39, 0.29) is 0 Å². The third-order valence-corrected chi connectivity index (χ3v) is 2.09. The van der Waals surface area contributed by atoms with Crippen molar-refractivity contribution < 1.29 is 4.74 Å². The van der Waals surface area contributed by atoms with Crippen molar-refractivity contribution in [1.82, 2.24) is 4.98 Å². The molecule has 0 fully saturated rings. The van der Waals surface area contributed by atoms with Gasteiger partial charge in [0.2, 0.25) is 0 Å². The Morgan fingerprint density at radius 3 is 2.94 bits per heavy atom. The first kappa shape index (κ1) is 13.1. The molecule has 0 aliphatic rings. The van der Waals surface area contributed by atoms with Crippen LogP contribution in [0.3, 0.4) is 0 Å². The van der Waals surface area contributed by atoms with Crippen LogP contribution in [0.15, 0.2) is 12.1 Å². The van der Waals surface area contributed by atoms with Crippen LogP contribution in [-0.4, -0.2) is 24.7 Å². The van der Waals surface area contributed by atoms with Crippen LogP contribution in [0.25, 0.3) is 0 Å². The van der Waals surface area contributed by atoms with Crippen molar-refractivity contribution in [2.24, 2.45) is 5.92 Å². The molecule has 0 unspecified atom stereocenters. The first-order valence-corrected chi connectivity index (χ1v) is 5.71. The van der Waals surface area contributed by atoms with E-state index in [1.807, 2.05) is 0 Å². The maximum atomic E-state index is 5.76. The fourth-order valence-electron chi connectivity index (χ4n) is 1.15. The zero-order chi connectivity index (χ0) is 12.0. The summed E-state index contributed by atoms with van der Waals surface area (Å²) in [5.74, 6) is 1.16. The summed E-state index contributed by atoms with van der Waals surface area (Å²) in [7, 11) is 0. The Balaban J connectivity index is 2.29. The zero-order valence-corrected chi connectivity index (χ0v) is 10.4. The summed E-state index contributed by atoms with van der Waals surface area (Å²) >= 11 is 5.76. The van der Waals surface area contributed by atoms with Gasteiger partial charge in [-0.15, -0.1) is 0 Å². The smallest absolute Gasteiger partial charge is 0.151 e. The Bertz CT molecular complexity index is 331. The summed E-state index contributed by atoms with van der Waals surface area (Å²) in [5, 5.41) is 3.51. The number of ether oxygens (including phenoxy) is 1. The van der Waals surface area contributed by atoms with Gasteiger partial charge in [0.25, 0.3) is 0 Å². The number of nitrogen functional groups attached to an aromatic ring is 1. The largest absolute Gasteiger partial charge is 0.396 e. The molecule has 16 heavy (non-hydrogen) atoms. The van der Waals surface area contributed by atoms with Crippen LogP contribution in [0.1, 0.15) is 13.8 Å². The minimum absolute atomic E-state index is 0.430. The third kappa shape index (κ3) is 4.68. The lowest BCUT2D eigenvalue weighted by atomic mass is 10.2. The van der Waals surface area contributed by atoms with Gasteiger partial charge in [0.15, 0.2) is 5.82 Å². The van der Waals surface area contributed by atoms with Gasteiger partial charge in [0.05, 0.1) is 12.3 Å². The van der Waals surface area contributed by atoms with Crippen molar-refractivity contribution in [3.63, 3.8) is 0 Å². The summed E-state index contributed by atoms with van der Waals surface area (Å²) in [5.41, 5.74) is 6.32. The van der Waals surface area contributed by atoms with Crippen molar-refractivity contribution in [1.29, 1.82) is 0 Å². The molecule has 3 N–H and O–H groups in total. The van der Waals surface area contributed by atoms with E-state index in [0.717, 1.165) is 6.61 Å². The van der Waals surface area contributed by atoms with Crippen LogP contribution in [0.4, 0.5) is 11.5 Å². The number of hydrogen-bond acceptors (Lipinski definition) is 4. The number of aromatic nitrogens is 1. The molecule has 0 atom stereocenters. The minimum Gasteiger partial charge on any atom is -0.396 e. The molecular formula is C11H18ClN3O. The van der Waals surface area contributed by atoms with Crippen LogP contribution in [0.5, 0.6) is 0 Å². The summed E-state index contributed by atoms with van der Waals surface area (Å²) in [4.78, 5) is 4.08. The van der Waals surface area contributed by atoms with Crippen LogP contribution in [0, 0.1) is 5.92 Å². The highest BCUT2D eigenvalue weighted by Crippen LogP contribution is 2.17. The maximum Gasteiger partial charge on any atom is 0.151 e. The molecule has 1 aromatic heterocycles. The van der Waals surface area contributed by atoms with E-state index >= 15 is 0 Å². The maximum absolute atomic E-state index is 5.76. The second kappa shape index (κ2) is 6.55. The van der Waals surface area contributed by atoms with Crippen LogP contribution in [0.2, 0.25) is 5.15 Å². The van der Waals surface area contributed by atoms with E-state index in [1.165, 1.54) is 0 Å². The molecule has 0 saturated carbocycles. The normalized spacial score (nSPS) is 10.8. The highest BCUT2D eigenvalue weighted by atomic mass is 35.5. The molecule has 0 aromatic carbocycles. The SMILES string of the molecule is CC(C)COCCNc1nc(Cl)ccc1N. The van der Waals surface area contributed by atoms with E-state index in [0.29, 0.717) is 35.7 Å². The Hall–Kier alpha value is -1.00. The molecule has 4 nitrogen and oxygen atoms in total. The fraction of sp³-hybridized carbons (Fsp3) is 0.545. The molecule has 0 saturated heterocycles. The van der Waals surface area contributed by atoms with Gasteiger partial charge in [0, 0.05) is 13.2 Å². The molecule has 0 bridgehead atoms. The summed E-state index contributed by atoms with van der Waals surface area (Å²) in [6.07, 6.45) is 0. The average molecular weight is 244 g/mol. The molecule has 0 amide bonds. The minimum atomic E-state index is 0.430. The fourth-order valence-corrected chi connectivity index (χ4v) is 1.30. The van der Waals surface area contributed by atoms with Gasteiger partial charge in [-0.3, -0.25) is 0 Å². The molecular weight excluding hydrogens is 226 g/mol. The number of pyridine rings is 1. The van der Waals surface area contributed by atoms with E-state index in [1.54, 1.807) is 12.1 Å². The molecule has 0 aliphatic heterocycles. The van der Waals surface area contributed by atoms with Crippen LogP contribution >= 0.6 is 11.6 Å². The number of nitrogens with zero attached hydrogens (tertiary/aromatic N) is 1. The number of rotatable bonds is 6. The molecule has 1 rings (SSSR count). The van der Waals surface area contributed by atoms with Gasteiger partial charge in [-0.2, -0.15) is 0 Å².